The summed E-state index contributed by atoms with van der Waals surface area (Å²) in [5.74, 6) is 0.674. The van der Waals surface area contributed by atoms with Crippen LogP contribution in [0.4, 0.5) is 8.78 Å². The number of rotatable bonds is 2. The van der Waals surface area contributed by atoms with Gasteiger partial charge in [0.15, 0.2) is 0 Å². The number of aromatic nitrogens is 2. The molecule has 3 nitrogen and oxygen atoms in total. The standard InChI is InChI=1S/C10H8F2N2OS/c1-5-13-6-3-2-4-7(15-10(11)12)8(6)9(16)14-5/h2-4,10H,1H3,(H,13,14,16). The van der Waals surface area contributed by atoms with Crippen LogP contribution in [0.5, 0.6) is 5.75 Å². The number of aryl methyl sites for hydroxylation is 1. The molecule has 0 aliphatic heterocycles. The highest BCUT2D eigenvalue weighted by atomic mass is 32.1. The van der Waals surface area contributed by atoms with E-state index in [0.717, 1.165) is 0 Å². The normalized spacial score (nSPS) is 11.0. The van der Waals surface area contributed by atoms with Crippen LogP contribution in [-0.4, -0.2) is 16.6 Å². The van der Waals surface area contributed by atoms with Gasteiger partial charge in [-0.3, -0.25) is 0 Å². The van der Waals surface area contributed by atoms with Crippen LogP contribution in [0.25, 0.3) is 10.9 Å². The van der Waals surface area contributed by atoms with E-state index in [1.807, 2.05) is 0 Å². The van der Waals surface area contributed by atoms with Crippen molar-refractivity contribution in [3.8, 4) is 5.75 Å². The van der Waals surface area contributed by atoms with Crippen LogP contribution in [0, 0.1) is 11.6 Å². The molecule has 0 saturated heterocycles. The first kappa shape index (κ1) is 10.9. The van der Waals surface area contributed by atoms with Crippen LogP contribution in [0.3, 0.4) is 0 Å². The van der Waals surface area contributed by atoms with Gasteiger partial charge in [0, 0.05) is 0 Å². The molecule has 1 aromatic carbocycles. The number of hydrogen-bond acceptors (Lipinski definition) is 3. The maximum Gasteiger partial charge on any atom is 0.387 e. The molecule has 0 saturated carbocycles. The zero-order valence-corrected chi connectivity index (χ0v) is 9.15. The van der Waals surface area contributed by atoms with Crippen LogP contribution in [0.2, 0.25) is 0 Å². The van der Waals surface area contributed by atoms with Gasteiger partial charge in [-0.25, -0.2) is 4.98 Å². The summed E-state index contributed by atoms with van der Waals surface area (Å²) in [4.78, 5) is 6.95. The van der Waals surface area contributed by atoms with Crippen molar-refractivity contribution in [3.05, 3.63) is 28.7 Å². The maximum atomic E-state index is 12.2. The molecule has 0 aliphatic carbocycles. The maximum absolute atomic E-state index is 12.2. The summed E-state index contributed by atoms with van der Waals surface area (Å²) in [6.45, 7) is -1.13. The molecule has 2 aromatic rings. The lowest BCUT2D eigenvalue weighted by atomic mass is 10.2. The molecule has 0 atom stereocenters. The van der Waals surface area contributed by atoms with E-state index in [0.29, 0.717) is 16.7 Å². The first-order valence-corrected chi connectivity index (χ1v) is 4.93. The van der Waals surface area contributed by atoms with Crippen molar-refractivity contribution >= 4 is 23.1 Å². The summed E-state index contributed by atoms with van der Waals surface area (Å²) in [6.07, 6.45) is 0. The minimum absolute atomic E-state index is 0.0428. The number of halogens is 2. The van der Waals surface area contributed by atoms with E-state index in [4.69, 9.17) is 12.2 Å². The quantitative estimate of drug-likeness (QED) is 0.822. The Balaban J connectivity index is 2.72. The van der Waals surface area contributed by atoms with Gasteiger partial charge in [0.05, 0.1) is 10.9 Å². The summed E-state index contributed by atoms with van der Waals surface area (Å²) < 4.78 is 29.0. The second-order valence-corrected chi connectivity index (χ2v) is 3.57. The van der Waals surface area contributed by atoms with E-state index in [1.165, 1.54) is 6.07 Å². The Bertz CT molecular complexity index is 583. The molecule has 0 amide bonds. The van der Waals surface area contributed by atoms with E-state index in [2.05, 4.69) is 14.7 Å². The molecule has 1 N–H and O–H groups in total. The van der Waals surface area contributed by atoms with Crippen LogP contribution in [-0.2, 0) is 0 Å². The first-order chi connectivity index (χ1) is 7.58. The lowest BCUT2D eigenvalue weighted by molar-refractivity contribution is -0.0488. The van der Waals surface area contributed by atoms with Crippen molar-refractivity contribution in [2.75, 3.05) is 0 Å². The topological polar surface area (TPSA) is 37.9 Å². The van der Waals surface area contributed by atoms with Crippen molar-refractivity contribution in [2.24, 2.45) is 0 Å². The average molecular weight is 242 g/mol. The van der Waals surface area contributed by atoms with E-state index >= 15 is 0 Å². The zero-order chi connectivity index (χ0) is 11.7. The molecule has 6 heteroatoms. The van der Waals surface area contributed by atoms with Crippen LogP contribution in [0.15, 0.2) is 18.2 Å². The Morgan fingerprint density at radius 3 is 2.88 bits per heavy atom. The Hall–Kier alpha value is -1.56. The van der Waals surface area contributed by atoms with Crippen LogP contribution >= 0.6 is 12.2 Å². The number of benzene rings is 1. The van der Waals surface area contributed by atoms with Crippen molar-refractivity contribution in [3.63, 3.8) is 0 Å². The van der Waals surface area contributed by atoms with Crippen LogP contribution in [0.1, 0.15) is 5.82 Å². The molecule has 2 rings (SSSR count). The number of nitrogens with zero attached hydrogens (tertiary/aromatic N) is 1. The van der Waals surface area contributed by atoms with Gasteiger partial charge in [-0.15, -0.1) is 0 Å². The van der Waals surface area contributed by atoms with Gasteiger partial charge >= 0.3 is 6.61 Å². The predicted octanol–water partition coefficient (Wildman–Crippen LogP) is 3.20. The number of alkyl halides is 2. The minimum Gasteiger partial charge on any atom is -0.434 e. The van der Waals surface area contributed by atoms with Crippen molar-refractivity contribution < 1.29 is 13.5 Å². The van der Waals surface area contributed by atoms with Gasteiger partial charge in [-0.1, -0.05) is 18.3 Å². The zero-order valence-electron chi connectivity index (χ0n) is 8.33. The summed E-state index contributed by atoms with van der Waals surface area (Å²) in [5.41, 5.74) is 0.635. The largest absolute Gasteiger partial charge is 0.434 e. The Morgan fingerprint density at radius 1 is 1.44 bits per heavy atom. The molecule has 0 bridgehead atoms. The monoisotopic (exact) mass is 242 g/mol. The van der Waals surface area contributed by atoms with Gasteiger partial charge in [0.1, 0.15) is 16.2 Å². The summed E-state index contributed by atoms with van der Waals surface area (Å²) in [7, 11) is 0. The Morgan fingerprint density at radius 2 is 2.19 bits per heavy atom. The predicted molar refractivity (Wildman–Crippen MR) is 58.3 cm³/mol. The molecule has 1 aromatic heterocycles. The molecule has 0 unspecified atom stereocenters. The lowest BCUT2D eigenvalue weighted by Crippen LogP contribution is -2.03. The van der Waals surface area contributed by atoms with Crippen molar-refractivity contribution in [1.82, 2.24) is 9.97 Å². The summed E-state index contributed by atoms with van der Waals surface area (Å²) >= 11 is 5.03. The van der Waals surface area contributed by atoms with Gasteiger partial charge in [0.25, 0.3) is 0 Å². The number of hydrogen-bond donors (Lipinski definition) is 1. The molecular weight excluding hydrogens is 234 g/mol. The average Bonchev–Trinajstić information content (AvgIpc) is 2.15. The lowest BCUT2D eigenvalue weighted by Gasteiger charge is -2.08. The number of fused-ring (bicyclic) bond motifs is 1. The number of nitrogens with one attached hydrogen (secondary N) is 1. The Labute approximate surface area is 95.1 Å². The molecule has 0 spiro atoms. The fourth-order valence-corrected chi connectivity index (χ4v) is 1.83. The SMILES string of the molecule is Cc1nc(=S)c2c(OC(F)F)cccc2[nH]1. The van der Waals surface area contributed by atoms with Crippen molar-refractivity contribution in [1.29, 1.82) is 0 Å². The molecule has 0 radical (unpaired) electrons. The second-order valence-electron chi connectivity index (χ2n) is 3.18. The Kier molecular flexibility index (Phi) is 2.82. The molecule has 84 valence electrons. The number of ether oxygens (including phenoxy) is 1. The fourth-order valence-electron chi connectivity index (χ4n) is 1.48. The van der Waals surface area contributed by atoms with E-state index in [1.54, 1.807) is 19.1 Å². The molecule has 0 aliphatic rings. The molecule has 0 fully saturated rings. The molecule has 1 heterocycles. The van der Waals surface area contributed by atoms with Crippen molar-refractivity contribution in [2.45, 2.75) is 13.5 Å². The van der Waals surface area contributed by atoms with E-state index in [-0.39, 0.29) is 10.4 Å². The number of aromatic amines is 1. The van der Waals surface area contributed by atoms with Gasteiger partial charge in [-0.05, 0) is 19.1 Å². The van der Waals surface area contributed by atoms with E-state index in [9.17, 15) is 8.78 Å². The fraction of sp³-hybridized carbons (Fsp3) is 0.200. The second kappa shape index (κ2) is 4.13. The third-order valence-electron chi connectivity index (χ3n) is 2.04. The smallest absolute Gasteiger partial charge is 0.387 e. The van der Waals surface area contributed by atoms with Crippen LogP contribution < -0.4 is 4.74 Å². The molecular formula is C10H8F2N2OS. The van der Waals surface area contributed by atoms with Gasteiger partial charge in [0.2, 0.25) is 0 Å². The molecule has 16 heavy (non-hydrogen) atoms. The van der Waals surface area contributed by atoms with E-state index < -0.39 is 6.61 Å². The van der Waals surface area contributed by atoms with Gasteiger partial charge < -0.3 is 9.72 Å². The van der Waals surface area contributed by atoms with Gasteiger partial charge in [-0.2, -0.15) is 8.78 Å². The number of H-pyrrole nitrogens is 1. The minimum atomic E-state index is -2.87. The third-order valence-corrected chi connectivity index (χ3v) is 2.34. The third kappa shape index (κ3) is 2.01. The summed E-state index contributed by atoms with van der Waals surface area (Å²) in [6, 6.07) is 4.79. The highest BCUT2D eigenvalue weighted by Gasteiger charge is 2.10. The summed E-state index contributed by atoms with van der Waals surface area (Å²) in [5, 5.41) is 0.406. The first-order valence-electron chi connectivity index (χ1n) is 4.52. The highest BCUT2D eigenvalue weighted by molar-refractivity contribution is 7.71. The highest BCUT2D eigenvalue weighted by Crippen LogP contribution is 2.26.